The molecule has 0 radical (unpaired) electrons. The number of nitrogens with zero attached hydrogens (tertiary/aromatic N) is 1. The van der Waals surface area contributed by atoms with Gasteiger partial charge in [-0.25, -0.2) is 0 Å². The number of fused-ring (bicyclic) bond motifs is 1. The molecule has 0 aliphatic rings. The zero-order valence-electron chi connectivity index (χ0n) is 14.8. The van der Waals surface area contributed by atoms with Gasteiger partial charge in [-0.15, -0.1) is 0 Å². The summed E-state index contributed by atoms with van der Waals surface area (Å²) in [5, 5.41) is 1.45. The largest absolute Gasteiger partial charge is 0.385 e. The van der Waals surface area contributed by atoms with Gasteiger partial charge in [-0.05, 0) is 38.5 Å². The van der Waals surface area contributed by atoms with Gasteiger partial charge in [0.2, 0.25) is 0 Å². The number of hydrogen-bond acceptors (Lipinski definition) is 2. The summed E-state index contributed by atoms with van der Waals surface area (Å²) in [5.41, 5.74) is 3.31. The van der Waals surface area contributed by atoms with Gasteiger partial charge in [0.1, 0.15) is 0 Å². The molecule has 1 unspecified atom stereocenters. The molecule has 3 nitrogen and oxygen atoms in total. The van der Waals surface area contributed by atoms with E-state index in [0.717, 1.165) is 28.6 Å². The summed E-state index contributed by atoms with van der Waals surface area (Å²) in [6.45, 7) is 4.84. The molecule has 0 aliphatic carbocycles. The first-order chi connectivity index (χ1) is 12.1. The number of ether oxygens (including phenoxy) is 1. The maximum absolute atomic E-state index is 13.2. The molecule has 4 heteroatoms. The number of aromatic nitrogens is 1. The summed E-state index contributed by atoms with van der Waals surface area (Å²) in [6.07, 6.45) is 0.885. The minimum absolute atomic E-state index is 0.0306. The standard InChI is InChI=1S/C21H22ClNO2/c1-14(12-13-25-3)23-15(2)20(17-9-5-7-11-19(17)23)21(24)16-8-4-6-10-18(16)22/h4-11,14H,12-13H2,1-3H3. The van der Waals surface area contributed by atoms with Crippen LogP contribution in [0.15, 0.2) is 48.5 Å². The minimum atomic E-state index is -0.0306. The molecule has 2 aromatic carbocycles. The zero-order valence-corrected chi connectivity index (χ0v) is 15.5. The van der Waals surface area contributed by atoms with Crippen LogP contribution in [-0.4, -0.2) is 24.1 Å². The molecule has 1 heterocycles. The van der Waals surface area contributed by atoms with Crippen molar-refractivity contribution in [1.82, 2.24) is 4.57 Å². The van der Waals surface area contributed by atoms with Crippen LogP contribution < -0.4 is 0 Å². The van der Waals surface area contributed by atoms with Crippen LogP contribution >= 0.6 is 11.6 Å². The van der Waals surface area contributed by atoms with Crippen molar-refractivity contribution in [2.24, 2.45) is 0 Å². The van der Waals surface area contributed by atoms with E-state index in [9.17, 15) is 4.79 Å². The van der Waals surface area contributed by atoms with Crippen molar-refractivity contribution in [1.29, 1.82) is 0 Å². The normalized spacial score (nSPS) is 12.5. The van der Waals surface area contributed by atoms with Crippen LogP contribution in [0.5, 0.6) is 0 Å². The molecule has 1 aromatic heterocycles. The van der Waals surface area contributed by atoms with Gasteiger partial charge in [0.05, 0.1) is 10.6 Å². The Balaban J connectivity index is 2.18. The van der Waals surface area contributed by atoms with Crippen LogP contribution in [0, 0.1) is 6.92 Å². The second kappa shape index (κ2) is 7.42. The molecule has 1 atom stereocenters. The number of para-hydroxylation sites is 1. The summed E-state index contributed by atoms with van der Waals surface area (Å²) in [7, 11) is 1.71. The Morgan fingerprint density at radius 3 is 2.56 bits per heavy atom. The second-order valence-electron chi connectivity index (χ2n) is 6.29. The Bertz CT molecular complexity index is 913. The first-order valence-corrected chi connectivity index (χ1v) is 8.81. The number of carbonyl (C=O) groups is 1. The smallest absolute Gasteiger partial charge is 0.196 e. The van der Waals surface area contributed by atoms with E-state index < -0.39 is 0 Å². The number of methoxy groups -OCH3 is 1. The molecule has 0 N–H and O–H groups in total. The Labute approximate surface area is 153 Å². The van der Waals surface area contributed by atoms with Crippen LogP contribution in [0.1, 0.15) is 41.0 Å². The monoisotopic (exact) mass is 355 g/mol. The zero-order chi connectivity index (χ0) is 18.0. The van der Waals surface area contributed by atoms with Crippen molar-refractivity contribution in [2.75, 3.05) is 13.7 Å². The minimum Gasteiger partial charge on any atom is -0.385 e. The van der Waals surface area contributed by atoms with Crippen molar-refractivity contribution in [3.63, 3.8) is 0 Å². The molecule has 0 fully saturated rings. The van der Waals surface area contributed by atoms with Gasteiger partial charge in [-0.3, -0.25) is 4.79 Å². The molecule has 0 bridgehead atoms. The number of benzene rings is 2. The van der Waals surface area contributed by atoms with E-state index in [2.05, 4.69) is 17.6 Å². The summed E-state index contributed by atoms with van der Waals surface area (Å²) in [5.74, 6) is -0.0306. The van der Waals surface area contributed by atoms with Crippen molar-refractivity contribution in [3.8, 4) is 0 Å². The predicted octanol–water partition coefficient (Wildman–Crippen LogP) is 5.43. The number of rotatable bonds is 6. The maximum atomic E-state index is 13.2. The van der Waals surface area contributed by atoms with Gasteiger partial charge >= 0.3 is 0 Å². The molecular formula is C21H22ClNO2. The van der Waals surface area contributed by atoms with Crippen LogP contribution in [0.4, 0.5) is 0 Å². The summed E-state index contributed by atoms with van der Waals surface area (Å²) in [6, 6.07) is 15.5. The number of ketones is 1. The van der Waals surface area contributed by atoms with Crippen molar-refractivity contribution >= 4 is 28.3 Å². The summed E-state index contributed by atoms with van der Waals surface area (Å²) >= 11 is 6.27. The quantitative estimate of drug-likeness (QED) is 0.552. The Morgan fingerprint density at radius 1 is 1.16 bits per heavy atom. The van der Waals surface area contributed by atoms with Crippen molar-refractivity contribution in [3.05, 3.63) is 70.4 Å². The molecule has 0 saturated carbocycles. The van der Waals surface area contributed by atoms with Crippen LogP contribution in [0.3, 0.4) is 0 Å². The third-order valence-corrected chi connectivity index (χ3v) is 5.01. The molecular weight excluding hydrogens is 334 g/mol. The predicted molar refractivity (Wildman–Crippen MR) is 103 cm³/mol. The molecule has 3 rings (SSSR count). The Kier molecular flexibility index (Phi) is 5.26. The van der Waals surface area contributed by atoms with Gasteiger partial charge in [-0.2, -0.15) is 0 Å². The number of carbonyl (C=O) groups excluding carboxylic acids is 1. The fourth-order valence-electron chi connectivity index (χ4n) is 3.44. The highest BCUT2D eigenvalue weighted by Crippen LogP contribution is 2.32. The molecule has 130 valence electrons. The molecule has 0 amide bonds. The summed E-state index contributed by atoms with van der Waals surface area (Å²) < 4.78 is 7.46. The number of halogens is 1. The van der Waals surface area contributed by atoms with Gasteiger partial charge in [0.25, 0.3) is 0 Å². The van der Waals surface area contributed by atoms with Gasteiger partial charge < -0.3 is 9.30 Å². The van der Waals surface area contributed by atoms with E-state index in [1.165, 1.54) is 0 Å². The van der Waals surface area contributed by atoms with Crippen LogP contribution in [0.25, 0.3) is 10.9 Å². The fourth-order valence-corrected chi connectivity index (χ4v) is 3.66. The van der Waals surface area contributed by atoms with Gasteiger partial charge in [-0.1, -0.05) is 41.9 Å². The van der Waals surface area contributed by atoms with E-state index in [0.29, 0.717) is 17.2 Å². The lowest BCUT2D eigenvalue weighted by molar-refractivity contribution is 0.103. The average Bonchev–Trinajstić information content (AvgIpc) is 2.91. The van der Waals surface area contributed by atoms with E-state index in [1.807, 2.05) is 37.3 Å². The lowest BCUT2D eigenvalue weighted by atomic mass is 10.0. The Hall–Kier alpha value is -2.10. The van der Waals surface area contributed by atoms with Gasteiger partial charge in [0, 0.05) is 41.9 Å². The molecule has 0 aliphatic heterocycles. The fraction of sp³-hybridized carbons (Fsp3) is 0.286. The van der Waals surface area contributed by atoms with E-state index in [-0.39, 0.29) is 11.8 Å². The summed E-state index contributed by atoms with van der Waals surface area (Å²) in [4.78, 5) is 13.2. The van der Waals surface area contributed by atoms with Gasteiger partial charge in [0.15, 0.2) is 5.78 Å². The lowest BCUT2D eigenvalue weighted by Crippen LogP contribution is -2.11. The topological polar surface area (TPSA) is 31.2 Å². The van der Waals surface area contributed by atoms with Crippen LogP contribution in [0.2, 0.25) is 5.02 Å². The second-order valence-corrected chi connectivity index (χ2v) is 6.69. The molecule has 3 aromatic rings. The third kappa shape index (κ3) is 3.22. The van der Waals surface area contributed by atoms with Crippen molar-refractivity contribution < 1.29 is 9.53 Å². The maximum Gasteiger partial charge on any atom is 0.196 e. The lowest BCUT2D eigenvalue weighted by Gasteiger charge is -2.17. The molecule has 0 saturated heterocycles. The highest BCUT2D eigenvalue weighted by atomic mass is 35.5. The highest BCUT2D eigenvalue weighted by molar-refractivity contribution is 6.35. The Morgan fingerprint density at radius 2 is 1.84 bits per heavy atom. The van der Waals surface area contributed by atoms with E-state index in [4.69, 9.17) is 16.3 Å². The first kappa shape index (κ1) is 17.7. The van der Waals surface area contributed by atoms with E-state index in [1.54, 1.807) is 19.2 Å². The van der Waals surface area contributed by atoms with E-state index >= 15 is 0 Å². The molecule has 0 spiro atoms. The molecule has 25 heavy (non-hydrogen) atoms. The highest BCUT2D eigenvalue weighted by Gasteiger charge is 2.24. The third-order valence-electron chi connectivity index (χ3n) is 4.68. The first-order valence-electron chi connectivity index (χ1n) is 8.44. The van der Waals surface area contributed by atoms with Crippen molar-refractivity contribution in [2.45, 2.75) is 26.3 Å². The van der Waals surface area contributed by atoms with Crippen LogP contribution in [-0.2, 0) is 4.74 Å². The SMILES string of the molecule is COCCC(C)n1c(C)c(C(=O)c2ccccc2Cl)c2ccccc21. The average molecular weight is 356 g/mol. The number of hydrogen-bond donors (Lipinski definition) is 0.